The van der Waals surface area contributed by atoms with Crippen molar-refractivity contribution >= 4 is 82.2 Å². The fraction of sp³-hybridized carbons (Fsp3) is 0.379. The van der Waals surface area contributed by atoms with Crippen molar-refractivity contribution in [2.45, 2.75) is 13.3 Å². The zero-order valence-corrected chi connectivity index (χ0v) is 27.4. The molecule has 1 saturated heterocycles. The lowest BCUT2D eigenvalue weighted by Crippen LogP contribution is -2.46. The molecule has 1 aromatic heterocycles. The first-order chi connectivity index (χ1) is 21.2. The van der Waals surface area contributed by atoms with E-state index in [1.165, 1.54) is 38.6 Å². The first-order valence-electron chi connectivity index (χ1n) is 13.9. The number of carbonyl (C=O) groups is 2. The minimum atomic E-state index is -0.569. The van der Waals surface area contributed by atoms with Gasteiger partial charge in [0.15, 0.2) is 0 Å². The zero-order chi connectivity index (χ0) is 31.8. The molecule has 0 radical (unpaired) electrons. The van der Waals surface area contributed by atoms with Gasteiger partial charge in [0, 0.05) is 57.5 Å². The molecule has 1 aliphatic heterocycles. The normalized spacial score (nSPS) is 13.3. The predicted octanol–water partition coefficient (Wildman–Crippen LogP) is 5.61. The molecule has 3 aromatic rings. The Bertz CT molecular complexity index is 1460. The lowest BCUT2D eigenvalue weighted by atomic mass is 10.2. The van der Waals surface area contributed by atoms with Crippen molar-refractivity contribution in [1.29, 1.82) is 0 Å². The molecule has 15 heteroatoms. The molecule has 0 bridgehead atoms. The summed E-state index contributed by atoms with van der Waals surface area (Å²) < 4.78 is 10.6. The smallest absolute Gasteiger partial charge is 0.327 e. The Hall–Kier alpha value is -3.65. The highest BCUT2D eigenvalue weighted by Gasteiger charge is 2.22. The van der Waals surface area contributed by atoms with Crippen LogP contribution in [-0.2, 0) is 4.79 Å². The van der Waals surface area contributed by atoms with Crippen LogP contribution < -0.4 is 35.2 Å². The van der Waals surface area contributed by atoms with Gasteiger partial charge in [0.1, 0.15) is 39.5 Å². The summed E-state index contributed by atoms with van der Waals surface area (Å²) in [6.07, 6.45) is 1.60. The van der Waals surface area contributed by atoms with Crippen LogP contribution in [0.15, 0.2) is 36.7 Å². The molecular formula is C29H36Cl2N8O4S. The Morgan fingerprint density at radius 3 is 2.27 bits per heavy atom. The number of methoxy groups -OCH3 is 2. The average Bonchev–Trinajstić information content (AvgIpc) is 3.04. The number of urea groups is 1. The molecule has 236 valence electrons. The van der Waals surface area contributed by atoms with Crippen LogP contribution >= 0.6 is 35.8 Å². The number of ether oxygens (including phenoxy) is 2. The maximum absolute atomic E-state index is 13.2. The van der Waals surface area contributed by atoms with Gasteiger partial charge in [-0.25, -0.2) is 14.8 Å². The molecule has 4 rings (SSSR count). The van der Waals surface area contributed by atoms with Crippen LogP contribution in [0.3, 0.4) is 0 Å². The molecule has 12 nitrogen and oxygen atoms in total. The summed E-state index contributed by atoms with van der Waals surface area (Å²) in [5.74, 6) is 1.53. The maximum Gasteiger partial charge on any atom is 0.327 e. The second kappa shape index (κ2) is 15.4. The first-order valence-corrected chi connectivity index (χ1v) is 15.3. The third-order valence-electron chi connectivity index (χ3n) is 7.17. The van der Waals surface area contributed by atoms with Crippen LogP contribution in [-0.4, -0.2) is 86.6 Å². The van der Waals surface area contributed by atoms with E-state index in [1.807, 2.05) is 18.2 Å². The highest BCUT2D eigenvalue weighted by molar-refractivity contribution is 7.80. The fourth-order valence-electron chi connectivity index (χ4n) is 4.60. The van der Waals surface area contributed by atoms with E-state index in [2.05, 4.69) is 55.3 Å². The highest BCUT2D eigenvalue weighted by atomic mass is 35.5. The molecule has 0 spiro atoms. The number of aromatic nitrogens is 2. The number of carbonyl (C=O) groups excluding carboxylic acids is 2. The van der Waals surface area contributed by atoms with Crippen molar-refractivity contribution in [2.75, 3.05) is 85.5 Å². The van der Waals surface area contributed by atoms with Gasteiger partial charge in [0.25, 0.3) is 0 Å². The van der Waals surface area contributed by atoms with Crippen LogP contribution in [0.25, 0.3) is 0 Å². The Balaban J connectivity index is 1.55. The summed E-state index contributed by atoms with van der Waals surface area (Å²) in [5.41, 5.74) is 2.38. The molecule has 0 saturated carbocycles. The number of hydrogen-bond donors (Lipinski definition) is 4. The summed E-state index contributed by atoms with van der Waals surface area (Å²) in [6, 6.07) is 8.43. The number of halogens is 2. The van der Waals surface area contributed by atoms with Crippen LogP contribution in [0.2, 0.25) is 10.0 Å². The van der Waals surface area contributed by atoms with Crippen LogP contribution in [0, 0.1) is 0 Å². The summed E-state index contributed by atoms with van der Waals surface area (Å²) in [7, 11) is 4.43. The number of benzene rings is 2. The van der Waals surface area contributed by atoms with Gasteiger partial charge in [-0.1, -0.05) is 30.1 Å². The fourth-order valence-corrected chi connectivity index (χ4v) is 5.40. The molecule has 1 fully saturated rings. The topological polar surface area (TPSA) is 124 Å². The third kappa shape index (κ3) is 7.89. The van der Waals surface area contributed by atoms with Crippen molar-refractivity contribution in [3.8, 4) is 11.5 Å². The summed E-state index contributed by atoms with van der Waals surface area (Å²) in [6.45, 7) is 6.94. The Labute approximate surface area is 272 Å². The van der Waals surface area contributed by atoms with E-state index in [-0.39, 0.29) is 45.4 Å². The number of nitrogens with one attached hydrogen (secondary N) is 3. The van der Waals surface area contributed by atoms with Gasteiger partial charge in [-0.05, 0) is 30.5 Å². The standard InChI is InChI=1S/C29H36Cl2N8O4S/c1-5-38-9-11-39(12-10-38)18-6-7-19(20(14-18)35-25(40)8-13-44)34-23-16-24(33-17-32-23)37(2)29(41)36-28-26(30)21(42-3)15-22(43-4)27(28)31/h6-7,14-17,44H,5,8-13H2,1-4H3,(H,35,40)(H,36,41)(H,32,33,34). The summed E-state index contributed by atoms with van der Waals surface area (Å²) in [4.78, 5) is 40.3. The third-order valence-corrected chi connectivity index (χ3v) is 8.14. The van der Waals surface area contributed by atoms with E-state index in [0.29, 0.717) is 22.9 Å². The van der Waals surface area contributed by atoms with Gasteiger partial charge in [0.05, 0.1) is 31.3 Å². The average molecular weight is 664 g/mol. The SMILES string of the molecule is CCN1CCN(c2ccc(Nc3cc(N(C)C(=O)Nc4c(Cl)c(OC)cc(OC)c4Cl)ncn3)c(NC(=O)CCS)c2)CC1. The van der Waals surface area contributed by atoms with Gasteiger partial charge >= 0.3 is 6.03 Å². The molecule has 3 amide bonds. The zero-order valence-electron chi connectivity index (χ0n) is 25.0. The number of hydrogen-bond acceptors (Lipinski definition) is 10. The molecule has 0 atom stereocenters. The quantitative estimate of drug-likeness (QED) is 0.194. The first kappa shape index (κ1) is 33.2. The van der Waals surface area contributed by atoms with Gasteiger partial charge in [-0.2, -0.15) is 12.6 Å². The largest absolute Gasteiger partial charge is 0.495 e. The second-order valence-electron chi connectivity index (χ2n) is 9.83. The van der Waals surface area contributed by atoms with Crippen LogP contribution in [0.5, 0.6) is 11.5 Å². The van der Waals surface area contributed by atoms with E-state index in [4.69, 9.17) is 32.7 Å². The van der Waals surface area contributed by atoms with Crippen LogP contribution in [0.1, 0.15) is 13.3 Å². The van der Waals surface area contributed by atoms with Crippen molar-refractivity contribution in [3.63, 3.8) is 0 Å². The lowest BCUT2D eigenvalue weighted by molar-refractivity contribution is -0.115. The van der Waals surface area contributed by atoms with Crippen LogP contribution in [0.4, 0.5) is 39.2 Å². The van der Waals surface area contributed by atoms with Crippen molar-refractivity contribution in [3.05, 3.63) is 46.7 Å². The molecule has 3 N–H and O–H groups in total. The van der Waals surface area contributed by atoms with E-state index in [1.54, 1.807) is 6.07 Å². The van der Waals surface area contributed by atoms with Gasteiger partial charge in [-0.15, -0.1) is 0 Å². The Kier molecular flexibility index (Phi) is 11.6. The van der Waals surface area contributed by atoms with Crippen molar-refractivity contribution in [2.24, 2.45) is 0 Å². The van der Waals surface area contributed by atoms with E-state index in [9.17, 15) is 9.59 Å². The van der Waals surface area contributed by atoms with Gasteiger partial charge < -0.3 is 35.2 Å². The molecular weight excluding hydrogens is 627 g/mol. The van der Waals surface area contributed by atoms with Gasteiger partial charge in [0.2, 0.25) is 5.91 Å². The number of likely N-dealkylation sites (N-methyl/N-ethyl adjacent to an activating group) is 1. The highest BCUT2D eigenvalue weighted by Crippen LogP contribution is 2.44. The summed E-state index contributed by atoms with van der Waals surface area (Å²) >= 11 is 17.0. The Morgan fingerprint density at radius 2 is 1.66 bits per heavy atom. The van der Waals surface area contributed by atoms with E-state index in [0.717, 1.165) is 38.4 Å². The minimum absolute atomic E-state index is 0.119. The minimum Gasteiger partial charge on any atom is -0.495 e. The number of anilines is 6. The van der Waals surface area contributed by atoms with Gasteiger partial charge in [-0.3, -0.25) is 9.69 Å². The van der Waals surface area contributed by atoms with Crippen molar-refractivity contribution < 1.29 is 19.1 Å². The monoisotopic (exact) mass is 662 g/mol. The molecule has 1 aliphatic rings. The lowest BCUT2D eigenvalue weighted by Gasteiger charge is -2.35. The number of thiol groups is 1. The maximum atomic E-state index is 13.2. The number of amides is 3. The number of rotatable bonds is 11. The molecule has 0 aliphatic carbocycles. The number of piperazine rings is 1. The van der Waals surface area contributed by atoms with E-state index < -0.39 is 6.03 Å². The summed E-state index contributed by atoms with van der Waals surface area (Å²) in [5, 5.41) is 9.19. The number of nitrogens with zero attached hydrogens (tertiary/aromatic N) is 5. The second-order valence-corrected chi connectivity index (χ2v) is 11.0. The molecule has 2 aromatic carbocycles. The van der Waals surface area contributed by atoms with E-state index >= 15 is 0 Å². The molecule has 44 heavy (non-hydrogen) atoms. The molecule has 2 heterocycles. The molecule has 0 unspecified atom stereocenters. The van der Waals surface area contributed by atoms with Crippen molar-refractivity contribution in [1.82, 2.24) is 14.9 Å². The predicted molar refractivity (Wildman–Crippen MR) is 180 cm³/mol. The Morgan fingerprint density at radius 1 is 0.977 bits per heavy atom.